The molecule has 1 aromatic rings. The Morgan fingerprint density at radius 3 is 2.41 bits per heavy atom. The highest BCUT2D eigenvalue weighted by Gasteiger charge is 2.09. The minimum Gasteiger partial charge on any atom is -0.372 e. The Bertz CT molecular complexity index is 386. The minimum absolute atomic E-state index is 0.120. The number of carbonyl (C=O) groups is 1. The summed E-state index contributed by atoms with van der Waals surface area (Å²) in [6, 6.07) is 5.89. The fraction of sp³-hybridized carbons (Fsp3) is 0.500. The van der Waals surface area contributed by atoms with Gasteiger partial charge >= 0.3 is 0 Å². The Morgan fingerprint density at radius 1 is 1.29 bits per heavy atom. The van der Waals surface area contributed by atoms with Gasteiger partial charge in [-0.2, -0.15) is 0 Å². The number of benzene rings is 1. The fourth-order valence-corrected chi connectivity index (χ4v) is 2.15. The van der Waals surface area contributed by atoms with Gasteiger partial charge in [0.2, 0.25) is 0 Å². The molecule has 0 aliphatic heterocycles. The van der Waals surface area contributed by atoms with Crippen molar-refractivity contribution in [2.45, 2.75) is 27.2 Å². The fourth-order valence-electron chi connectivity index (χ4n) is 1.98. The maximum absolute atomic E-state index is 11.7. The highest BCUT2D eigenvalue weighted by Crippen LogP contribution is 2.21. The highest BCUT2D eigenvalue weighted by atomic mass is 35.5. The van der Waals surface area contributed by atoms with Gasteiger partial charge in [0.05, 0.1) is 0 Å². The molecule has 1 rings (SSSR count). The van der Waals surface area contributed by atoms with Gasteiger partial charge in [0.15, 0.2) is 5.78 Å². The van der Waals surface area contributed by atoms with Crippen LogP contribution in [0.15, 0.2) is 18.2 Å². The van der Waals surface area contributed by atoms with Crippen LogP contribution in [0, 0.1) is 6.92 Å². The maximum atomic E-state index is 11.7. The van der Waals surface area contributed by atoms with E-state index in [4.69, 9.17) is 11.6 Å². The molecule has 0 fully saturated rings. The molecule has 0 heterocycles. The van der Waals surface area contributed by atoms with Crippen LogP contribution in [0.4, 0.5) is 5.69 Å². The van der Waals surface area contributed by atoms with E-state index in [1.807, 2.05) is 25.1 Å². The number of carbonyl (C=O) groups excluding carboxylic acids is 1. The number of Topliss-reactive ketones (excluding diaryl/α,β-unsaturated/α-hetero) is 1. The third-order valence-corrected chi connectivity index (χ3v) is 3.13. The van der Waals surface area contributed by atoms with E-state index < -0.39 is 0 Å². The normalized spacial score (nSPS) is 10.4. The summed E-state index contributed by atoms with van der Waals surface area (Å²) in [5, 5.41) is 0. The summed E-state index contributed by atoms with van der Waals surface area (Å²) in [7, 11) is 0. The summed E-state index contributed by atoms with van der Waals surface area (Å²) in [5.41, 5.74) is 3.12. The maximum Gasteiger partial charge on any atom is 0.164 e. The van der Waals surface area contributed by atoms with Crippen LogP contribution in [0.3, 0.4) is 0 Å². The number of hydrogen-bond donors (Lipinski definition) is 0. The van der Waals surface area contributed by atoms with Crippen molar-refractivity contribution in [3.05, 3.63) is 29.3 Å². The second kappa shape index (κ2) is 6.65. The third-order valence-electron chi connectivity index (χ3n) is 2.94. The van der Waals surface area contributed by atoms with Crippen molar-refractivity contribution >= 4 is 23.1 Å². The lowest BCUT2D eigenvalue weighted by Crippen LogP contribution is -2.22. The Labute approximate surface area is 109 Å². The van der Waals surface area contributed by atoms with Gasteiger partial charge in [0, 0.05) is 36.6 Å². The first-order valence-electron chi connectivity index (χ1n) is 6.08. The number of aryl methyl sites for hydroxylation is 1. The van der Waals surface area contributed by atoms with Crippen LogP contribution in [-0.2, 0) is 0 Å². The molecule has 1 aromatic carbocycles. The van der Waals surface area contributed by atoms with Crippen LogP contribution in [-0.4, -0.2) is 24.8 Å². The molecule has 0 aliphatic carbocycles. The molecule has 17 heavy (non-hydrogen) atoms. The molecule has 0 aliphatic rings. The molecule has 0 aromatic heterocycles. The van der Waals surface area contributed by atoms with Crippen molar-refractivity contribution in [1.82, 2.24) is 0 Å². The Morgan fingerprint density at radius 2 is 1.94 bits per heavy atom. The summed E-state index contributed by atoms with van der Waals surface area (Å²) >= 11 is 5.58. The first-order chi connectivity index (χ1) is 8.13. The van der Waals surface area contributed by atoms with Gasteiger partial charge in [-0.15, -0.1) is 11.6 Å². The number of nitrogens with zero attached hydrogens (tertiary/aromatic N) is 1. The molecule has 94 valence electrons. The van der Waals surface area contributed by atoms with Gasteiger partial charge in [-0.1, -0.05) is 0 Å². The van der Waals surface area contributed by atoms with Gasteiger partial charge in [-0.05, 0) is 44.5 Å². The molecule has 0 unspecified atom stereocenters. The summed E-state index contributed by atoms with van der Waals surface area (Å²) in [6.07, 6.45) is 0.408. The zero-order valence-electron chi connectivity index (χ0n) is 10.8. The van der Waals surface area contributed by atoms with Crippen molar-refractivity contribution < 1.29 is 4.79 Å². The van der Waals surface area contributed by atoms with Gasteiger partial charge < -0.3 is 4.90 Å². The van der Waals surface area contributed by atoms with E-state index in [2.05, 4.69) is 18.7 Å². The van der Waals surface area contributed by atoms with Crippen LogP contribution in [0.1, 0.15) is 36.2 Å². The van der Waals surface area contributed by atoms with Crippen molar-refractivity contribution in [3.63, 3.8) is 0 Å². The van der Waals surface area contributed by atoms with Crippen LogP contribution >= 0.6 is 11.6 Å². The van der Waals surface area contributed by atoms with Crippen molar-refractivity contribution in [2.24, 2.45) is 0 Å². The van der Waals surface area contributed by atoms with E-state index in [0.29, 0.717) is 12.3 Å². The van der Waals surface area contributed by atoms with E-state index in [9.17, 15) is 4.79 Å². The molecule has 2 nitrogen and oxygen atoms in total. The van der Waals surface area contributed by atoms with Gasteiger partial charge in [-0.3, -0.25) is 4.79 Å². The number of halogens is 1. The lowest BCUT2D eigenvalue weighted by Gasteiger charge is -2.23. The van der Waals surface area contributed by atoms with Crippen molar-refractivity contribution in [1.29, 1.82) is 0 Å². The predicted octanol–water partition coefficient (Wildman–Crippen LogP) is 3.65. The van der Waals surface area contributed by atoms with Crippen LogP contribution < -0.4 is 4.90 Å². The number of rotatable bonds is 6. The number of alkyl halides is 1. The van der Waals surface area contributed by atoms with Crippen molar-refractivity contribution in [2.75, 3.05) is 23.9 Å². The zero-order valence-corrected chi connectivity index (χ0v) is 11.5. The molecule has 0 saturated heterocycles. The summed E-state index contributed by atoms with van der Waals surface area (Å²) in [6.45, 7) is 8.27. The van der Waals surface area contributed by atoms with E-state index in [1.54, 1.807) is 0 Å². The SMILES string of the molecule is CCN(CC)c1ccc(C(=O)CCCl)cc1C. The average Bonchev–Trinajstić information content (AvgIpc) is 2.32. The number of anilines is 1. The Kier molecular flexibility index (Phi) is 5.49. The summed E-state index contributed by atoms with van der Waals surface area (Å²) in [4.78, 5) is 14.0. The molecule has 0 amide bonds. The topological polar surface area (TPSA) is 20.3 Å². The standard InChI is InChI=1S/C14H20ClNO/c1-4-16(5-2)13-7-6-12(10-11(13)3)14(17)8-9-15/h6-7,10H,4-5,8-9H2,1-3H3. The third kappa shape index (κ3) is 3.47. The molecular formula is C14H20ClNO. The van der Waals surface area contributed by atoms with Crippen LogP contribution in [0.25, 0.3) is 0 Å². The first-order valence-corrected chi connectivity index (χ1v) is 6.62. The number of ketones is 1. The van der Waals surface area contributed by atoms with E-state index in [0.717, 1.165) is 24.2 Å². The van der Waals surface area contributed by atoms with Crippen molar-refractivity contribution in [3.8, 4) is 0 Å². The molecule has 0 radical (unpaired) electrons. The van der Waals surface area contributed by atoms with E-state index in [1.165, 1.54) is 5.69 Å². The molecular weight excluding hydrogens is 234 g/mol. The number of hydrogen-bond acceptors (Lipinski definition) is 2. The molecule has 0 N–H and O–H groups in total. The Balaban J connectivity index is 2.97. The minimum atomic E-state index is 0.120. The molecule has 0 bridgehead atoms. The molecule has 3 heteroatoms. The van der Waals surface area contributed by atoms with Crippen LogP contribution in [0.2, 0.25) is 0 Å². The molecule has 0 saturated carbocycles. The Hall–Kier alpha value is -1.02. The summed E-state index contributed by atoms with van der Waals surface area (Å²) < 4.78 is 0. The molecule has 0 spiro atoms. The second-order valence-electron chi connectivity index (χ2n) is 4.04. The smallest absolute Gasteiger partial charge is 0.164 e. The van der Waals surface area contributed by atoms with E-state index in [-0.39, 0.29) is 5.78 Å². The quantitative estimate of drug-likeness (QED) is 0.570. The van der Waals surface area contributed by atoms with E-state index >= 15 is 0 Å². The predicted molar refractivity (Wildman–Crippen MR) is 74.4 cm³/mol. The monoisotopic (exact) mass is 253 g/mol. The molecule has 0 atom stereocenters. The van der Waals surface area contributed by atoms with Gasteiger partial charge in [0.25, 0.3) is 0 Å². The van der Waals surface area contributed by atoms with Crippen LogP contribution in [0.5, 0.6) is 0 Å². The zero-order chi connectivity index (χ0) is 12.8. The van der Waals surface area contributed by atoms with Gasteiger partial charge in [-0.25, -0.2) is 0 Å². The highest BCUT2D eigenvalue weighted by molar-refractivity contribution is 6.19. The first kappa shape index (κ1) is 14.0. The largest absolute Gasteiger partial charge is 0.372 e. The van der Waals surface area contributed by atoms with Gasteiger partial charge in [0.1, 0.15) is 0 Å². The summed E-state index contributed by atoms with van der Waals surface area (Å²) in [5.74, 6) is 0.504. The second-order valence-corrected chi connectivity index (χ2v) is 4.41. The lowest BCUT2D eigenvalue weighted by molar-refractivity contribution is 0.0989. The average molecular weight is 254 g/mol. The lowest BCUT2D eigenvalue weighted by atomic mass is 10.0.